The third-order valence-electron chi connectivity index (χ3n) is 1.49. The molecule has 0 amide bonds. The molecule has 0 aliphatic heterocycles. The van der Waals surface area contributed by atoms with Crippen LogP contribution in [0.3, 0.4) is 0 Å². The van der Waals surface area contributed by atoms with Gasteiger partial charge in [-0.25, -0.2) is 4.98 Å². The molecule has 0 aliphatic rings. The van der Waals surface area contributed by atoms with E-state index in [-0.39, 0.29) is 0 Å². The van der Waals surface area contributed by atoms with Gasteiger partial charge in [0.15, 0.2) is 0 Å². The molecule has 0 aliphatic carbocycles. The first-order valence-electron chi connectivity index (χ1n) is 3.64. The zero-order chi connectivity index (χ0) is 8.10. The molecule has 4 heteroatoms. The molecule has 1 N–H and O–H groups in total. The Labute approximate surface area is 72.2 Å². The van der Waals surface area contributed by atoms with Crippen molar-refractivity contribution in [2.75, 3.05) is 12.3 Å². The van der Waals surface area contributed by atoms with Crippen molar-refractivity contribution < 1.29 is 0 Å². The standard InChI is InChI=1S/C7H13N3S/c1-7-9-2-4-10(7)6-8-3-5-11/h2,4,8,11H,3,5-6H2,1H3. The highest BCUT2D eigenvalue weighted by atomic mass is 32.1. The summed E-state index contributed by atoms with van der Waals surface area (Å²) < 4.78 is 2.06. The summed E-state index contributed by atoms with van der Waals surface area (Å²) in [5, 5.41) is 3.22. The van der Waals surface area contributed by atoms with E-state index in [9.17, 15) is 0 Å². The highest BCUT2D eigenvalue weighted by Crippen LogP contribution is 1.91. The van der Waals surface area contributed by atoms with Crippen LogP contribution in [0.5, 0.6) is 0 Å². The quantitative estimate of drug-likeness (QED) is 0.515. The normalized spacial score (nSPS) is 10.4. The second kappa shape index (κ2) is 4.41. The zero-order valence-corrected chi connectivity index (χ0v) is 7.51. The molecule has 0 atom stereocenters. The lowest BCUT2D eigenvalue weighted by molar-refractivity contribution is 0.566. The Kier molecular flexibility index (Phi) is 3.45. The first-order valence-corrected chi connectivity index (χ1v) is 4.27. The van der Waals surface area contributed by atoms with E-state index in [1.165, 1.54) is 0 Å². The second-order valence-corrected chi connectivity index (χ2v) is 2.77. The molecule has 3 nitrogen and oxygen atoms in total. The number of aryl methyl sites for hydroxylation is 1. The van der Waals surface area contributed by atoms with E-state index in [1.54, 1.807) is 6.20 Å². The smallest absolute Gasteiger partial charge is 0.106 e. The highest BCUT2D eigenvalue weighted by Gasteiger charge is 1.93. The van der Waals surface area contributed by atoms with Gasteiger partial charge in [0, 0.05) is 24.7 Å². The van der Waals surface area contributed by atoms with Crippen molar-refractivity contribution in [3.63, 3.8) is 0 Å². The van der Waals surface area contributed by atoms with Crippen LogP contribution < -0.4 is 5.32 Å². The Hall–Kier alpha value is -0.480. The van der Waals surface area contributed by atoms with E-state index in [1.807, 2.05) is 13.1 Å². The van der Waals surface area contributed by atoms with Gasteiger partial charge in [-0.15, -0.1) is 0 Å². The lowest BCUT2D eigenvalue weighted by atomic mass is 10.6. The van der Waals surface area contributed by atoms with Gasteiger partial charge in [-0.2, -0.15) is 12.6 Å². The van der Waals surface area contributed by atoms with Gasteiger partial charge in [0.25, 0.3) is 0 Å². The highest BCUT2D eigenvalue weighted by molar-refractivity contribution is 7.80. The van der Waals surface area contributed by atoms with Crippen LogP contribution in [0.15, 0.2) is 12.4 Å². The van der Waals surface area contributed by atoms with Crippen LogP contribution in [0, 0.1) is 6.92 Å². The number of aromatic nitrogens is 2. The van der Waals surface area contributed by atoms with E-state index in [4.69, 9.17) is 0 Å². The lowest BCUT2D eigenvalue weighted by Gasteiger charge is -2.04. The van der Waals surface area contributed by atoms with Crippen molar-refractivity contribution in [3.05, 3.63) is 18.2 Å². The third-order valence-corrected chi connectivity index (χ3v) is 1.72. The summed E-state index contributed by atoms with van der Waals surface area (Å²) in [6.07, 6.45) is 3.76. The average Bonchev–Trinajstić information content (AvgIpc) is 2.37. The third kappa shape index (κ3) is 2.55. The minimum atomic E-state index is 0.826. The monoisotopic (exact) mass is 171 g/mol. The maximum absolute atomic E-state index is 4.10. The van der Waals surface area contributed by atoms with Crippen LogP contribution in [-0.2, 0) is 6.67 Å². The van der Waals surface area contributed by atoms with E-state index in [0.717, 1.165) is 24.8 Å². The summed E-state index contributed by atoms with van der Waals surface area (Å²) in [5.41, 5.74) is 0. The van der Waals surface area contributed by atoms with Crippen LogP contribution in [0.4, 0.5) is 0 Å². The molecule has 0 fully saturated rings. The molecule has 1 rings (SSSR count). The first kappa shape index (κ1) is 8.62. The molecule has 0 bridgehead atoms. The number of hydrogen-bond donors (Lipinski definition) is 2. The van der Waals surface area contributed by atoms with Gasteiger partial charge in [0.2, 0.25) is 0 Å². The van der Waals surface area contributed by atoms with Crippen molar-refractivity contribution in [2.24, 2.45) is 0 Å². The van der Waals surface area contributed by atoms with Gasteiger partial charge in [0.05, 0.1) is 6.67 Å². The van der Waals surface area contributed by atoms with Gasteiger partial charge >= 0.3 is 0 Å². The van der Waals surface area contributed by atoms with Crippen LogP contribution in [-0.4, -0.2) is 21.8 Å². The Bertz CT molecular complexity index is 209. The number of imidazole rings is 1. The van der Waals surface area contributed by atoms with Crippen molar-refractivity contribution in [3.8, 4) is 0 Å². The molecule has 0 spiro atoms. The maximum Gasteiger partial charge on any atom is 0.106 e. The zero-order valence-electron chi connectivity index (χ0n) is 6.62. The van der Waals surface area contributed by atoms with E-state index >= 15 is 0 Å². The number of nitrogens with zero attached hydrogens (tertiary/aromatic N) is 2. The van der Waals surface area contributed by atoms with Crippen molar-refractivity contribution in [2.45, 2.75) is 13.6 Å². The maximum atomic E-state index is 4.10. The first-order chi connectivity index (χ1) is 5.34. The van der Waals surface area contributed by atoms with Crippen LogP contribution in [0.2, 0.25) is 0 Å². The fraction of sp³-hybridized carbons (Fsp3) is 0.571. The molecule has 11 heavy (non-hydrogen) atoms. The molecular weight excluding hydrogens is 158 g/mol. The fourth-order valence-corrected chi connectivity index (χ4v) is 1.01. The minimum absolute atomic E-state index is 0.826. The summed E-state index contributed by atoms with van der Waals surface area (Å²) in [5.74, 6) is 1.91. The van der Waals surface area contributed by atoms with Crippen LogP contribution >= 0.6 is 12.6 Å². The number of thiol groups is 1. The molecule has 0 unspecified atom stereocenters. The summed E-state index contributed by atoms with van der Waals surface area (Å²) in [6, 6.07) is 0. The lowest BCUT2D eigenvalue weighted by Crippen LogP contribution is -2.20. The predicted octanol–water partition coefficient (Wildman–Crippen LogP) is 0.668. The number of nitrogens with one attached hydrogen (secondary N) is 1. The van der Waals surface area contributed by atoms with Crippen molar-refractivity contribution in [1.82, 2.24) is 14.9 Å². The second-order valence-electron chi connectivity index (χ2n) is 2.33. The van der Waals surface area contributed by atoms with E-state index in [0.29, 0.717) is 0 Å². The molecular formula is C7H13N3S. The molecule has 0 aromatic carbocycles. The summed E-state index contributed by atoms with van der Waals surface area (Å²) in [6.45, 7) is 3.75. The van der Waals surface area contributed by atoms with Crippen molar-refractivity contribution in [1.29, 1.82) is 0 Å². The topological polar surface area (TPSA) is 29.9 Å². The van der Waals surface area contributed by atoms with E-state index < -0.39 is 0 Å². The Morgan fingerprint density at radius 3 is 3.09 bits per heavy atom. The molecule has 0 saturated heterocycles. The largest absolute Gasteiger partial charge is 0.322 e. The van der Waals surface area contributed by atoms with Gasteiger partial charge in [-0.3, -0.25) is 5.32 Å². The molecule has 0 radical (unpaired) electrons. The fourth-order valence-electron chi connectivity index (χ4n) is 0.849. The predicted molar refractivity (Wildman–Crippen MR) is 48.8 cm³/mol. The summed E-state index contributed by atoms with van der Waals surface area (Å²) >= 11 is 4.09. The van der Waals surface area contributed by atoms with Crippen LogP contribution in [0.25, 0.3) is 0 Å². The molecule has 1 aromatic rings. The Morgan fingerprint density at radius 1 is 1.73 bits per heavy atom. The van der Waals surface area contributed by atoms with Crippen molar-refractivity contribution >= 4 is 12.6 Å². The average molecular weight is 171 g/mol. The molecule has 62 valence electrons. The summed E-state index contributed by atoms with van der Waals surface area (Å²) in [7, 11) is 0. The number of hydrogen-bond acceptors (Lipinski definition) is 3. The van der Waals surface area contributed by atoms with Crippen LogP contribution in [0.1, 0.15) is 5.82 Å². The molecule has 1 heterocycles. The van der Waals surface area contributed by atoms with Gasteiger partial charge in [-0.05, 0) is 6.92 Å². The van der Waals surface area contributed by atoms with E-state index in [2.05, 4.69) is 27.5 Å². The molecule has 1 aromatic heterocycles. The SMILES string of the molecule is Cc1nccn1CNCCS. The Morgan fingerprint density at radius 2 is 2.55 bits per heavy atom. The van der Waals surface area contributed by atoms with Gasteiger partial charge < -0.3 is 4.57 Å². The minimum Gasteiger partial charge on any atom is -0.322 e. The summed E-state index contributed by atoms with van der Waals surface area (Å²) in [4.78, 5) is 4.10. The van der Waals surface area contributed by atoms with Gasteiger partial charge in [0.1, 0.15) is 5.82 Å². The Balaban J connectivity index is 2.32. The molecule has 0 saturated carbocycles. The van der Waals surface area contributed by atoms with Gasteiger partial charge in [-0.1, -0.05) is 0 Å². The number of rotatable bonds is 4.